The molecule has 0 bridgehead atoms. The number of aliphatic hydroxyl groups excluding tert-OH is 2. The van der Waals surface area contributed by atoms with E-state index in [1.54, 1.807) is 21.7 Å². The number of aromatic nitrogens is 3. The molecule has 0 aliphatic carbocycles. The number of aryl methyl sites for hydroxylation is 1. The van der Waals surface area contributed by atoms with Gasteiger partial charge in [-0.2, -0.15) is 0 Å². The third-order valence-electron chi connectivity index (χ3n) is 9.75. The fourth-order valence-electron chi connectivity index (χ4n) is 7.49. The highest BCUT2D eigenvalue weighted by Gasteiger charge is 2.66. The Hall–Kier alpha value is -4.20. The van der Waals surface area contributed by atoms with Crippen LogP contribution in [0.1, 0.15) is 48.6 Å². The van der Waals surface area contributed by atoms with Crippen LogP contribution in [0.25, 0.3) is 0 Å². The van der Waals surface area contributed by atoms with Crippen molar-refractivity contribution in [3.8, 4) is 0 Å². The summed E-state index contributed by atoms with van der Waals surface area (Å²) in [5, 5.41) is 31.4. The predicted molar refractivity (Wildman–Crippen MR) is 184 cm³/mol. The zero-order valence-corrected chi connectivity index (χ0v) is 28.7. The van der Waals surface area contributed by atoms with Crippen LogP contribution in [0.5, 0.6) is 0 Å². The molecule has 2 aliphatic rings. The van der Waals surface area contributed by atoms with Crippen molar-refractivity contribution in [1.82, 2.24) is 15.0 Å². The second-order valence-corrected chi connectivity index (χ2v) is 17.4. The summed E-state index contributed by atoms with van der Waals surface area (Å²) in [6.45, 7) is 7.77. The van der Waals surface area contributed by atoms with Gasteiger partial charge in [0.1, 0.15) is 6.10 Å². The molecule has 6 atom stereocenters. The number of rotatable bonds is 11. The van der Waals surface area contributed by atoms with E-state index in [-0.39, 0.29) is 24.0 Å². The van der Waals surface area contributed by atoms with Gasteiger partial charge in [0.05, 0.1) is 36.6 Å². The van der Waals surface area contributed by atoms with Gasteiger partial charge in [0.25, 0.3) is 11.8 Å². The average molecular weight is 670 g/mol. The lowest BCUT2D eigenvalue weighted by molar-refractivity contribution is -0.146. The smallest absolute Gasteiger partial charge is 0.264 e. The van der Waals surface area contributed by atoms with E-state index in [0.29, 0.717) is 42.1 Å². The minimum absolute atomic E-state index is 0.110. The maximum absolute atomic E-state index is 14.7. The molecule has 1 unspecified atom stereocenters. The maximum atomic E-state index is 14.7. The first-order valence-corrected chi connectivity index (χ1v) is 19.4. The molecule has 3 heterocycles. The molecule has 11 nitrogen and oxygen atoms in total. The lowest BCUT2D eigenvalue weighted by Gasteiger charge is -2.32. The number of benzene rings is 3. The topological polar surface area (TPSA) is 150 Å². The summed E-state index contributed by atoms with van der Waals surface area (Å²) in [6.07, 6.45) is 0.600. The average Bonchev–Trinajstić information content (AvgIpc) is 3.72. The monoisotopic (exact) mass is 669 g/mol. The van der Waals surface area contributed by atoms with Gasteiger partial charge in [-0.3, -0.25) is 14.3 Å². The number of hydrogen-bond donors (Lipinski definition) is 4. The van der Waals surface area contributed by atoms with E-state index in [0.717, 1.165) is 11.1 Å². The predicted octanol–water partition coefficient (Wildman–Crippen LogP) is 4.16. The molecule has 0 radical (unpaired) electrons. The molecule has 0 saturated carbocycles. The highest BCUT2D eigenvalue weighted by molar-refractivity contribution is 6.71. The van der Waals surface area contributed by atoms with Gasteiger partial charge in [-0.25, -0.2) is 0 Å². The van der Waals surface area contributed by atoms with Gasteiger partial charge in [0.2, 0.25) is 0 Å². The highest BCUT2D eigenvalue weighted by atomic mass is 28.4. The Morgan fingerprint density at radius 2 is 1.77 bits per heavy atom. The SMILES string of the molecule is C[C@H](O)C(=O)Nc1ccc2c(c1)[C@]1(O[C@@H](CCn3cc(C(CO)c4ccccc4)nn3)[C@H]([Si](C)(C)O)[C@H]1C)C(=O)N2Cc1ccccc1. The molecule has 1 fully saturated rings. The lowest BCUT2D eigenvalue weighted by Crippen LogP contribution is -2.46. The molecule has 6 rings (SSSR count). The second kappa shape index (κ2) is 13.4. The summed E-state index contributed by atoms with van der Waals surface area (Å²) in [7, 11) is -2.92. The van der Waals surface area contributed by atoms with Gasteiger partial charge in [0, 0.05) is 35.5 Å². The number of ether oxygens (including phenoxy) is 1. The van der Waals surface area contributed by atoms with Crippen molar-refractivity contribution in [3.05, 3.63) is 107 Å². The van der Waals surface area contributed by atoms with Gasteiger partial charge in [-0.15, -0.1) is 5.10 Å². The first-order valence-electron chi connectivity index (χ1n) is 16.4. The summed E-state index contributed by atoms with van der Waals surface area (Å²) in [6, 6.07) is 24.7. The molecule has 4 N–H and O–H groups in total. The summed E-state index contributed by atoms with van der Waals surface area (Å²) in [5.41, 5.74) is 2.59. The van der Waals surface area contributed by atoms with Crippen molar-refractivity contribution in [1.29, 1.82) is 0 Å². The third kappa shape index (κ3) is 6.22. The van der Waals surface area contributed by atoms with Gasteiger partial charge in [-0.1, -0.05) is 72.8 Å². The molecule has 1 aromatic heterocycles. The van der Waals surface area contributed by atoms with Crippen LogP contribution >= 0.6 is 0 Å². The minimum atomic E-state index is -2.92. The first-order chi connectivity index (χ1) is 22.9. The van der Waals surface area contributed by atoms with E-state index >= 15 is 0 Å². The Bertz CT molecular complexity index is 1760. The Labute approximate surface area is 281 Å². The fourth-order valence-corrected chi connectivity index (χ4v) is 10.1. The largest absolute Gasteiger partial charge is 0.432 e. The Balaban J connectivity index is 1.33. The fraction of sp³-hybridized carbons (Fsp3) is 0.389. The normalized spacial score (nSPS) is 23.4. The first kappa shape index (κ1) is 33.7. The van der Waals surface area contributed by atoms with Crippen LogP contribution in [-0.4, -0.2) is 68.9 Å². The van der Waals surface area contributed by atoms with E-state index < -0.39 is 38.0 Å². The minimum Gasteiger partial charge on any atom is -0.432 e. The quantitative estimate of drug-likeness (QED) is 0.174. The van der Waals surface area contributed by atoms with Gasteiger partial charge in [-0.05, 0) is 55.8 Å². The molecule has 4 aromatic rings. The molecule has 3 aromatic carbocycles. The number of nitrogens with zero attached hydrogens (tertiary/aromatic N) is 4. The van der Waals surface area contributed by atoms with Crippen molar-refractivity contribution in [2.75, 3.05) is 16.8 Å². The summed E-state index contributed by atoms with van der Waals surface area (Å²) in [4.78, 5) is 40.6. The molecule has 12 heteroatoms. The number of carbonyl (C=O) groups is 2. The van der Waals surface area contributed by atoms with Crippen LogP contribution in [0.4, 0.5) is 11.4 Å². The van der Waals surface area contributed by atoms with Gasteiger partial charge >= 0.3 is 0 Å². The van der Waals surface area contributed by atoms with Crippen LogP contribution in [0.15, 0.2) is 85.1 Å². The number of amides is 2. The Morgan fingerprint density at radius 3 is 2.42 bits per heavy atom. The summed E-state index contributed by atoms with van der Waals surface area (Å²) >= 11 is 0. The number of aliphatic hydroxyl groups is 2. The van der Waals surface area contributed by atoms with Crippen LogP contribution < -0.4 is 10.2 Å². The van der Waals surface area contributed by atoms with Crippen LogP contribution in [0.2, 0.25) is 18.6 Å². The van der Waals surface area contributed by atoms with Crippen molar-refractivity contribution < 1.29 is 29.3 Å². The highest BCUT2D eigenvalue weighted by Crippen LogP contribution is 2.60. The molecular formula is C36H43N5O6Si. The standard InChI is InChI=1S/C36H43N5O6Si/c1-23-33(48(3,4)46)32(17-18-40-21-30(38-39-40)28(22-42)26-13-9-6-10-14-26)47-36(23)29-19-27(37-34(44)24(2)43)15-16-31(29)41(35(36)45)20-25-11-7-5-8-12-25/h5-16,19,21,23-24,28,32-33,42-43,46H,17-18,20,22H2,1-4H3,(H,37,44)/t23-,24+,28?,32+,33-,36+/m1/s1. The van der Waals surface area contributed by atoms with Gasteiger partial charge < -0.3 is 30.0 Å². The van der Waals surface area contributed by atoms with Gasteiger partial charge in [0.15, 0.2) is 13.9 Å². The number of fused-ring (bicyclic) bond motifs is 2. The van der Waals surface area contributed by atoms with Crippen LogP contribution in [-0.2, 0) is 33.0 Å². The number of nitrogens with one attached hydrogen (secondary N) is 1. The molecule has 1 spiro atoms. The molecule has 2 aliphatic heterocycles. The van der Waals surface area contributed by atoms with Crippen molar-refractivity contribution in [3.63, 3.8) is 0 Å². The van der Waals surface area contributed by atoms with Crippen molar-refractivity contribution in [2.45, 2.75) is 75.7 Å². The molecule has 1 saturated heterocycles. The van der Waals surface area contributed by atoms with E-state index in [4.69, 9.17) is 4.74 Å². The number of carbonyl (C=O) groups excluding carboxylic acids is 2. The Morgan fingerprint density at radius 1 is 1.08 bits per heavy atom. The van der Waals surface area contributed by atoms with E-state index in [1.807, 2.05) is 92.9 Å². The number of hydrogen-bond acceptors (Lipinski definition) is 8. The van der Waals surface area contributed by atoms with Crippen LogP contribution in [0.3, 0.4) is 0 Å². The molecular weight excluding hydrogens is 627 g/mol. The summed E-state index contributed by atoms with van der Waals surface area (Å²) < 4.78 is 8.68. The maximum Gasteiger partial charge on any atom is 0.264 e. The zero-order chi connectivity index (χ0) is 34.2. The van der Waals surface area contributed by atoms with E-state index in [1.165, 1.54) is 6.92 Å². The number of anilines is 2. The molecule has 252 valence electrons. The van der Waals surface area contributed by atoms with E-state index in [9.17, 15) is 24.6 Å². The molecule has 2 amide bonds. The van der Waals surface area contributed by atoms with E-state index in [2.05, 4.69) is 15.6 Å². The second-order valence-electron chi connectivity index (χ2n) is 13.5. The summed E-state index contributed by atoms with van der Waals surface area (Å²) in [5.74, 6) is -1.48. The van der Waals surface area contributed by atoms with Crippen molar-refractivity contribution >= 4 is 31.5 Å². The van der Waals surface area contributed by atoms with Crippen molar-refractivity contribution in [2.24, 2.45) is 5.92 Å². The Kier molecular flexibility index (Phi) is 9.38. The lowest BCUT2D eigenvalue weighted by atomic mass is 9.82. The third-order valence-corrected chi connectivity index (χ3v) is 12.3. The zero-order valence-electron chi connectivity index (χ0n) is 27.7. The van der Waals surface area contributed by atoms with Crippen LogP contribution in [0, 0.1) is 5.92 Å². The molecule has 48 heavy (non-hydrogen) atoms.